The molecule has 35 heavy (non-hydrogen) atoms. The minimum Gasteiger partial charge on any atom is -0.491 e. The summed E-state index contributed by atoms with van der Waals surface area (Å²) in [7, 11) is 0. The molecule has 2 fully saturated rings. The van der Waals surface area contributed by atoms with Gasteiger partial charge in [-0.1, -0.05) is 0 Å². The summed E-state index contributed by atoms with van der Waals surface area (Å²) in [6, 6.07) is 9.59. The van der Waals surface area contributed by atoms with Crippen molar-refractivity contribution < 1.29 is 24.1 Å². The molecule has 11 heteroatoms. The molecular weight excluding hydrogens is 455 g/mol. The third-order valence-electron chi connectivity index (χ3n) is 6.70. The molecule has 0 spiro atoms. The molecule has 182 valence electrons. The van der Waals surface area contributed by atoms with Crippen LogP contribution in [0.1, 0.15) is 18.2 Å². The van der Waals surface area contributed by atoms with E-state index in [1.165, 1.54) is 23.5 Å². The number of alkyl halides is 1. The number of nitrogen functional groups attached to an aromatic ring is 1. The number of ether oxygens (including phenoxy) is 2. The molecule has 4 N–H and O–H groups in total. The number of pyridine rings is 1. The second kappa shape index (κ2) is 8.59. The van der Waals surface area contributed by atoms with E-state index in [1.807, 2.05) is 30.3 Å². The van der Waals surface area contributed by atoms with Gasteiger partial charge in [-0.05, 0) is 30.7 Å². The summed E-state index contributed by atoms with van der Waals surface area (Å²) in [5.41, 5.74) is 7.50. The van der Waals surface area contributed by atoms with Crippen molar-refractivity contribution in [1.82, 2.24) is 19.5 Å². The van der Waals surface area contributed by atoms with E-state index in [2.05, 4.69) is 14.9 Å². The number of hydrogen-bond acceptors (Lipinski definition) is 9. The van der Waals surface area contributed by atoms with Gasteiger partial charge in [-0.2, -0.15) is 0 Å². The molecule has 4 aromatic rings. The van der Waals surface area contributed by atoms with Crippen molar-refractivity contribution in [2.45, 2.75) is 37.6 Å². The Labute approximate surface area is 199 Å². The first-order valence-corrected chi connectivity index (χ1v) is 11.5. The van der Waals surface area contributed by atoms with Gasteiger partial charge in [-0.25, -0.2) is 19.3 Å². The van der Waals surface area contributed by atoms with E-state index in [4.69, 9.17) is 20.2 Å². The lowest BCUT2D eigenvalue weighted by Gasteiger charge is -2.32. The van der Waals surface area contributed by atoms with Crippen molar-refractivity contribution in [3.05, 3.63) is 48.4 Å². The zero-order valence-electron chi connectivity index (χ0n) is 18.8. The number of nitrogens with zero attached hydrogens (tertiary/aromatic N) is 5. The molecule has 0 aliphatic carbocycles. The van der Waals surface area contributed by atoms with E-state index >= 15 is 4.39 Å². The van der Waals surface area contributed by atoms with Gasteiger partial charge < -0.3 is 34.9 Å². The van der Waals surface area contributed by atoms with E-state index in [1.54, 1.807) is 0 Å². The van der Waals surface area contributed by atoms with Crippen LogP contribution >= 0.6 is 0 Å². The van der Waals surface area contributed by atoms with Gasteiger partial charge in [0.05, 0.1) is 17.5 Å². The fourth-order valence-electron chi connectivity index (χ4n) is 4.64. The smallest absolute Gasteiger partial charge is 0.173 e. The molecule has 0 amide bonds. The quantitative estimate of drug-likeness (QED) is 0.379. The number of fused-ring (bicyclic) bond motifs is 2. The zero-order valence-corrected chi connectivity index (χ0v) is 18.8. The first-order chi connectivity index (χ1) is 17.0. The molecular formula is C24H25FN6O4. The maximum Gasteiger partial charge on any atom is 0.173 e. The van der Waals surface area contributed by atoms with Gasteiger partial charge in [0, 0.05) is 36.3 Å². The van der Waals surface area contributed by atoms with Gasteiger partial charge in [-0.3, -0.25) is 0 Å². The normalized spacial score (nSPS) is 24.3. The fourth-order valence-corrected chi connectivity index (χ4v) is 4.64. The topological polar surface area (TPSA) is 132 Å². The maximum absolute atomic E-state index is 15.1. The van der Waals surface area contributed by atoms with Gasteiger partial charge >= 0.3 is 0 Å². The van der Waals surface area contributed by atoms with Crippen LogP contribution in [0.3, 0.4) is 0 Å². The van der Waals surface area contributed by atoms with E-state index in [-0.39, 0.29) is 19.0 Å². The second-order valence-electron chi connectivity index (χ2n) is 8.85. The highest BCUT2D eigenvalue weighted by Crippen LogP contribution is 2.36. The lowest BCUT2D eigenvalue weighted by Crippen LogP contribution is -2.37. The molecule has 4 atom stereocenters. The molecule has 2 aliphatic heterocycles. The van der Waals surface area contributed by atoms with Crippen molar-refractivity contribution >= 4 is 33.6 Å². The number of hydrogen-bond donors (Lipinski definition) is 3. The van der Waals surface area contributed by atoms with Gasteiger partial charge in [-0.15, -0.1) is 0 Å². The van der Waals surface area contributed by atoms with E-state index in [0.29, 0.717) is 22.3 Å². The molecule has 2 aliphatic rings. The molecule has 6 rings (SSSR count). The summed E-state index contributed by atoms with van der Waals surface area (Å²) in [6.45, 7) is 1.63. The van der Waals surface area contributed by atoms with Crippen LogP contribution in [0.15, 0.2) is 42.9 Å². The minimum atomic E-state index is -1.74. The monoisotopic (exact) mass is 480 g/mol. The summed E-state index contributed by atoms with van der Waals surface area (Å²) in [5.74, 6) is 1.66. The Bertz CT molecular complexity index is 1390. The first kappa shape index (κ1) is 22.0. The zero-order chi connectivity index (χ0) is 24.1. The number of rotatable bonds is 6. The third-order valence-corrected chi connectivity index (χ3v) is 6.70. The number of aliphatic hydroxyl groups is 2. The first-order valence-electron chi connectivity index (χ1n) is 11.5. The van der Waals surface area contributed by atoms with E-state index < -0.39 is 24.6 Å². The van der Waals surface area contributed by atoms with Crippen LogP contribution in [0.4, 0.5) is 16.0 Å². The Morgan fingerprint density at radius 2 is 2.03 bits per heavy atom. The minimum absolute atomic E-state index is 0.0570. The lowest BCUT2D eigenvalue weighted by molar-refractivity contribution is -0.0411. The standard InChI is InChI=1S/C24H25FN6O4/c25-20-21(33)17(35-24(20)31-9-14(10-32)19-22(26)27-12-28-23(19)31)11-34-15-4-2-13-3-5-18(29-16(13)8-15)30-6-1-7-30/h2-5,8-9,12,17,20-21,24,32-33H,1,6-7,10-11H2,(H2,26,27,28)/t17-,20+,21-,24-/m1/s1. The highest BCUT2D eigenvalue weighted by atomic mass is 19.1. The van der Waals surface area contributed by atoms with Crippen molar-refractivity contribution in [2.24, 2.45) is 0 Å². The number of aliphatic hydroxyl groups excluding tert-OH is 2. The predicted octanol–water partition coefficient (Wildman–Crippen LogP) is 1.94. The maximum atomic E-state index is 15.1. The highest BCUT2D eigenvalue weighted by molar-refractivity contribution is 5.89. The summed E-state index contributed by atoms with van der Waals surface area (Å²) < 4.78 is 28.3. The fraction of sp³-hybridized carbons (Fsp3) is 0.375. The van der Waals surface area contributed by atoms with Gasteiger partial charge in [0.1, 0.15) is 48.2 Å². The number of nitrogens with two attached hydrogens (primary N) is 1. The van der Waals surface area contributed by atoms with Crippen LogP contribution in [0.2, 0.25) is 0 Å². The van der Waals surface area contributed by atoms with Crippen LogP contribution < -0.4 is 15.4 Å². The van der Waals surface area contributed by atoms with Crippen LogP contribution in [0, 0.1) is 0 Å². The van der Waals surface area contributed by atoms with Crippen molar-refractivity contribution in [3.8, 4) is 5.75 Å². The van der Waals surface area contributed by atoms with Crippen LogP contribution in [-0.2, 0) is 11.3 Å². The number of benzene rings is 1. The molecule has 5 heterocycles. The summed E-state index contributed by atoms with van der Waals surface area (Å²) in [5, 5.41) is 21.7. The summed E-state index contributed by atoms with van der Waals surface area (Å²) in [6.07, 6.45) is -1.27. The Kier molecular flexibility index (Phi) is 5.39. The third kappa shape index (κ3) is 3.72. The lowest BCUT2D eigenvalue weighted by atomic mass is 10.1. The molecule has 1 aromatic carbocycles. The largest absolute Gasteiger partial charge is 0.491 e. The number of aromatic nitrogens is 4. The molecule has 2 saturated heterocycles. The van der Waals surface area contributed by atoms with E-state index in [9.17, 15) is 10.2 Å². The van der Waals surface area contributed by atoms with Crippen LogP contribution in [0.5, 0.6) is 5.75 Å². The average molecular weight is 481 g/mol. The van der Waals surface area contributed by atoms with Crippen LogP contribution in [-0.4, -0.2) is 67.8 Å². The van der Waals surface area contributed by atoms with Crippen molar-refractivity contribution in [1.29, 1.82) is 0 Å². The molecule has 0 bridgehead atoms. The van der Waals surface area contributed by atoms with Crippen LogP contribution in [0.25, 0.3) is 21.9 Å². The summed E-state index contributed by atoms with van der Waals surface area (Å²) in [4.78, 5) is 15.1. The average Bonchev–Trinajstić information content (AvgIpc) is 3.34. The van der Waals surface area contributed by atoms with Crippen molar-refractivity contribution in [2.75, 3.05) is 30.3 Å². The number of halogens is 1. The highest BCUT2D eigenvalue weighted by Gasteiger charge is 2.46. The molecule has 10 nitrogen and oxygen atoms in total. The molecule has 0 saturated carbocycles. The molecule has 0 unspecified atom stereocenters. The molecule has 0 radical (unpaired) electrons. The SMILES string of the molecule is Nc1ncnc2c1c(CO)cn2[C@@H]1O[C@H](COc2ccc3ccc(N4CCC4)nc3c2)[C@@H](O)[C@@H]1F. The molecule has 3 aromatic heterocycles. The second-order valence-corrected chi connectivity index (χ2v) is 8.85. The van der Waals surface area contributed by atoms with E-state index in [0.717, 1.165) is 29.8 Å². The van der Waals surface area contributed by atoms with Gasteiger partial charge in [0.15, 0.2) is 12.4 Å². The Hall–Kier alpha value is -3.54. The van der Waals surface area contributed by atoms with Crippen molar-refractivity contribution in [3.63, 3.8) is 0 Å². The Morgan fingerprint density at radius 3 is 2.80 bits per heavy atom. The van der Waals surface area contributed by atoms with Gasteiger partial charge in [0.2, 0.25) is 0 Å². The Balaban J connectivity index is 1.21. The van der Waals surface area contributed by atoms with Gasteiger partial charge in [0.25, 0.3) is 0 Å². The Morgan fingerprint density at radius 1 is 1.20 bits per heavy atom. The number of anilines is 2. The summed E-state index contributed by atoms with van der Waals surface area (Å²) >= 11 is 0. The predicted molar refractivity (Wildman–Crippen MR) is 127 cm³/mol.